The van der Waals surface area contributed by atoms with Gasteiger partial charge in [-0.15, -0.1) is 12.4 Å². The average Bonchev–Trinajstić information content (AvgIpc) is 2.91. The molecule has 128 valence electrons. The Balaban J connectivity index is 0.00000264. The van der Waals surface area contributed by atoms with Crippen LogP contribution in [0.2, 0.25) is 5.02 Å². The summed E-state index contributed by atoms with van der Waals surface area (Å²) in [5.74, 6) is -1.88. The molecule has 1 N–H and O–H groups in total. The second-order valence-electron chi connectivity index (χ2n) is 5.51. The minimum absolute atomic E-state index is 0. The van der Waals surface area contributed by atoms with Gasteiger partial charge in [0.2, 0.25) is 5.91 Å². The van der Waals surface area contributed by atoms with Crippen molar-refractivity contribution in [3.05, 3.63) is 34.6 Å². The second kappa shape index (κ2) is 8.47. The monoisotopic (exact) mass is 364 g/mol. The Morgan fingerprint density at radius 3 is 2.74 bits per heavy atom. The van der Waals surface area contributed by atoms with Crippen molar-refractivity contribution in [2.75, 3.05) is 26.7 Å². The maximum atomic E-state index is 13.7. The van der Waals surface area contributed by atoms with Crippen molar-refractivity contribution in [2.24, 2.45) is 5.92 Å². The molecule has 1 aliphatic rings. The Bertz CT molecular complexity index is 566. The van der Waals surface area contributed by atoms with Crippen LogP contribution < -0.4 is 0 Å². The predicted molar refractivity (Wildman–Crippen MR) is 87.3 cm³/mol. The van der Waals surface area contributed by atoms with Crippen LogP contribution in [0.5, 0.6) is 0 Å². The average molecular weight is 365 g/mol. The minimum atomic E-state index is -0.832. The van der Waals surface area contributed by atoms with Crippen LogP contribution in [0.3, 0.4) is 0 Å². The van der Waals surface area contributed by atoms with E-state index in [0.717, 1.165) is 0 Å². The quantitative estimate of drug-likeness (QED) is 0.870. The van der Waals surface area contributed by atoms with Gasteiger partial charge in [0.05, 0.1) is 12.5 Å². The summed E-state index contributed by atoms with van der Waals surface area (Å²) in [6, 6.07) is 4.40. The standard InChI is InChI=1S/C15H18ClFN2O3.ClH/c1-18(8-11-12(16)3-2-4-13(11)17)14(20)9-19-6-5-10(7-19)15(21)22;/h2-4,10H,5-9H2,1H3,(H,21,22);1H. The van der Waals surface area contributed by atoms with Crippen molar-refractivity contribution in [1.82, 2.24) is 9.80 Å². The van der Waals surface area contributed by atoms with Crippen LogP contribution in [-0.4, -0.2) is 53.5 Å². The molecule has 0 radical (unpaired) electrons. The van der Waals surface area contributed by atoms with E-state index in [4.69, 9.17) is 16.7 Å². The first-order chi connectivity index (χ1) is 10.4. The van der Waals surface area contributed by atoms with Gasteiger partial charge in [-0.05, 0) is 25.1 Å². The van der Waals surface area contributed by atoms with Crippen molar-refractivity contribution in [3.8, 4) is 0 Å². The van der Waals surface area contributed by atoms with Crippen molar-refractivity contribution in [2.45, 2.75) is 13.0 Å². The number of carboxylic acid groups (broad SMARTS) is 1. The molecule has 5 nitrogen and oxygen atoms in total. The van der Waals surface area contributed by atoms with E-state index >= 15 is 0 Å². The van der Waals surface area contributed by atoms with Crippen LogP contribution in [0.15, 0.2) is 18.2 Å². The molecule has 1 aromatic rings. The molecular weight excluding hydrogens is 346 g/mol. The lowest BCUT2D eigenvalue weighted by atomic mass is 10.1. The van der Waals surface area contributed by atoms with Gasteiger partial charge in [0.15, 0.2) is 0 Å². The van der Waals surface area contributed by atoms with Gasteiger partial charge in [0.1, 0.15) is 5.82 Å². The molecule has 2 rings (SSSR count). The number of hydrogen-bond donors (Lipinski definition) is 1. The van der Waals surface area contributed by atoms with Crippen LogP contribution in [0, 0.1) is 11.7 Å². The topological polar surface area (TPSA) is 60.9 Å². The highest BCUT2D eigenvalue weighted by atomic mass is 35.5. The maximum absolute atomic E-state index is 13.7. The first-order valence-corrected chi connectivity index (χ1v) is 7.38. The number of carboxylic acids is 1. The Hall–Kier alpha value is -1.37. The van der Waals surface area contributed by atoms with E-state index in [1.807, 2.05) is 0 Å². The number of halogens is 3. The van der Waals surface area contributed by atoms with Gasteiger partial charge in [-0.3, -0.25) is 14.5 Å². The summed E-state index contributed by atoms with van der Waals surface area (Å²) in [6.45, 7) is 1.17. The van der Waals surface area contributed by atoms with Crippen molar-refractivity contribution in [3.63, 3.8) is 0 Å². The van der Waals surface area contributed by atoms with Crippen molar-refractivity contribution >= 4 is 35.9 Å². The number of likely N-dealkylation sites (tertiary alicyclic amines) is 1. The van der Waals surface area contributed by atoms with Gasteiger partial charge >= 0.3 is 5.97 Å². The van der Waals surface area contributed by atoms with Crippen molar-refractivity contribution in [1.29, 1.82) is 0 Å². The molecule has 1 unspecified atom stereocenters. The van der Waals surface area contributed by atoms with Crippen LogP contribution in [0.1, 0.15) is 12.0 Å². The molecule has 1 fully saturated rings. The van der Waals surface area contributed by atoms with E-state index in [2.05, 4.69) is 0 Å². The molecule has 23 heavy (non-hydrogen) atoms. The number of benzene rings is 1. The number of likely N-dealkylation sites (N-methyl/N-ethyl adjacent to an activating group) is 1. The third-order valence-electron chi connectivity index (χ3n) is 3.86. The van der Waals surface area contributed by atoms with Gasteiger partial charge in [0.25, 0.3) is 0 Å². The molecule has 0 spiro atoms. The molecule has 1 aromatic carbocycles. The van der Waals surface area contributed by atoms with E-state index in [9.17, 15) is 14.0 Å². The fraction of sp³-hybridized carbons (Fsp3) is 0.467. The van der Waals surface area contributed by atoms with Gasteiger partial charge in [-0.25, -0.2) is 4.39 Å². The zero-order valence-electron chi connectivity index (χ0n) is 12.7. The number of aliphatic carboxylic acids is 1. The van der Waals surface area contributed by atoms with Crippen LogP contribution in [-0.2, 0) is 16.1 Å². The fourth-order valence-corrected chi connectivity index (χ4v) is 2.72. The summed E-state index contributed by atoms with van der Waals surface area (Å²) in [4.78, 5) is 26.3. The third kappa shape index (κ3) is 5.06. The highest BCUT2D eigenvalue weighted by molar-refractivity contribution is 6.31. The zero-order chi connectivity index (χ0) is 16.3. The lowest BCUT2D eigenvalue weighted by molar-refractivity contribution is -0.141. The number of rotatable bonds is 5. The smallest absolute Gasteiger partial charge is 0.307 e. The molecule has 1 heterocycles. The summed E-state index contributed by atoms with van der Waals surface area (Å²) >= 11 is 5.95. The van der Waals surface area contributed by atoms with Crippen LogP contribution >= 0.6 is 24.0 Å². The van der Waals surface area contributed by atoms with Crippen molar-refractivity contribution < 1.29 is 19.1 Å². The highest BCUT2D eigenvalue weighted by Gasteiger charge is 2.29. The number of amides is 1. The molecule has 1 saturated heterocycles. The third-order valence-corrected chi connectivity index (χ3v) is 4.22. The molecule has 1 amide bonds. The van der Waals surface area contributed by atoms with Gasteiger partial charge in [-0.2, -0.15) is 0 Å². The molecule has 0 saturated carbocycles. The van der Waals surface area contributed by atoms with Crippen LogP contribution in [0.25, 0.3) is 0 Å². The van der Waals surface area contributed by atoms with E-state index in [1.54, 1.807) is 18.0 Å². The molecule has 0 aliphatic carbocycles. The molecule has 0 bridgehead atoms. The summed E-state index contributed by atoms with van der Waals surface area (Å²) in [5, 5.41) is 9.24. The number of carbonyl (C=O) groups is 2. The first kappa shape index (κ1) is 19.7. The van der Waals surface area contributed by atoms with Gasteiger partial charge < -0.3 is 10.0 Å². The maximum Gasteiger partial charge on any atom is 0.307 e. The summed E-state index contributed by atoms with van der Waals surface area (Å²) in [5.41, 5.74) is 0.282. The SMILES string of the molecule is CN(Cc1c(F)cccc1Cl)C(=O)CN1CCC(C(=O)O)C1.Cl. The lowest BCUT2D eigenvalue weighted by Gasteiger charge is -2.22. The van der Waals surface area contributed by atoms with E-state index in [0.29, 0.717) is 19.5 Å². The summed E-state index contributed by atoms with van der Waals surface area (Å²) in [6.07, 6.45) is 0.547. The second-order valence-corrected chi connectivity index (χ2v) is 5.92. The summed E-state index contributed by atoms with van der Waals surface area (Å²) < 4.78 is 13.7. The number of hydrogen-bond acceptors (Lipinski definition) is 3. The minimum Gasteiger partial charge on any atom is -0.481 e. The Morgan fingerprint density at radius 1 is 1.48 bits per heavy atom. The largest absolute Gasteiger partial charge is 0.481 e. The molecule has 1 atom stereocenters. The zero-order valence-corrected chi connectivity index (χ0v) is 14.2. The molecular formula is C15H19Cl2FN2O3. The Labute approximate surface area is 145 Å². The molecule has 8 heteroatoms. The van der Waals surface area contributed by atoms with E-state index < -0.39 is 17.7 Å². The van der Waals surface area contributed by atoms with Crippen LogP contribution in [0.4, 0.5) is 4.39 Å². The number of carbonyl (C=O) groups excluding carboxylic acids is 1. The normalized spacial score (nSPS) is 17.6. The first-order valence-electron chi connectivity index (χ1n) is 7.00. The Kier molecular flexibility index (Phi) is 7.25. The highest BCUT2D eigenvalue weighted by Crippen LogP contribution is 2.21. The molecule has 1 aliphatic heterocycles. The Morgan fingerprint density at radius 2 is 2.17 bits per heavy atom. The number of nitrogens with zero attached hydrogens (tertiary/aromatic N) is 2. The van der Waals surface area contributed by atoms with E-state index in [1.165, 1.54) is 17.0 Å². The lowest BCUT2D eigenvalue weighted by Crippen LogP contribution is -2.37. The van der Waals surface area contributed by atoms with Gasteiger partial charge in [-0.1, -0.05) is 17.7 Å². The van der Waals surface area contributed by atoms with Gasteiger partial charge in [0, 0.05) is 30.7 Å². The predicted octanol–water partition coefficient (Wildman–Crippen LogP) is 2.27. The molecule has 0 aromatic heterocycles. The summed E-state index contributed by atoms with van der Waals surface area (Å²) in [7, 11) is 1.58. The fourth-order valence-electron chi connectivity index (χ4n) is 2.50. The van der Waals surface area contributed by atoms with E-state index in [-0.39, 0.29) is 42.0 Å².